The minimum atomic E-state index is -0.220. The Morgan fingerprint density at radius 1 is 1.21 bits per heavy atom. The summed E-state index contributed by atoms with van der Waals surface area (Å²) in [5, 5.41) is 12.8. The highest BCUT2D eigenvalue weighted by molar-refractivity contribution is 5.94. The maximum absolute atomic E-state index is 12.1. The van der Waals surface area contributed by atoms with Crippen LogP contribution in [0.3, 0.4) is 0 Å². The molecule has 0 aliphatic carbocycles. The lowest BCUT2D eigenvalue weighted by molar-refractivity contribution is 0.0953. The van der Waals surface area contributed by atoms with E-state index in [1.54, 1.807) is 0 Å². The summed E-state index contributed by atoms with van der Waals surface area (Å²) in [6.45, 7) is 5.25. The van der Waals surface area contributed by atoms with Crippen LogP contribution >= 0.6 is 0 Å². The van der Waals surface area contributed by atoms with Gasteiger partial charge in [0.15, 0.2) is 0 Å². The molecule has 0 unspecified atom stereocenters. The fourth-order valence-electron chi connectivity index (χ4n) is 3.72. The van der Waals surface area contributed by atoms with Gasteiger partial charge in [-0.05, 0) is 42.7 Å². The lowest BCUT2D eigenvalue weighted by atomic mass is 10.0. The van der Waals surface area contributed by atoms with Gasteiger partial charge in [-0.3, -0.25) is 9.69 Å². The molecular formula is C23H31N3O2. The third kappa shape index (κ3) is 5.12. The Labute approximate surface area is 168 Å². The van der Waals surface area contributed by atoms with Crippen molar-refractivity contribution in [3.63, 3.8) is 0 Å². The molecule has 0 aromatic heterocycles. The van der Waals surface area contributed by atoms with Crippen LogP contribution in [0.1, 0.15) is 41.7 Å². The van der Waals surface area contributed by atoms with Crippen molar-refractivity contribution in [2.45, 2.75) is 31.9 Å². The van der Waals surface area contributed by atoms with Crippen molar-refractivity contribution in [3.05, 3.63) is 65.7 Å². The predicted molar refractivity (Wildman–Crippen MR) is 114 cm³/mol. The van der Waals surface area contributed by atoms with Gasteiger partial charge in [-0.25, -0.2) is 0 Å². The van der Waals surface area contributed by atoms with E-state index in [1.807, 2.05) is 37.3 Å². The molecule has 0 saturated carbocycles. The lowest BCUT2D eigenvalue weighted by Crippen LogP contribution is -2.36. The molecule has 1 aliphatic rings. The normalized spacial score (nSPS) is 18.0. The van der Waals surface area contributed by atoms with Crippen molar-refractivity contribution in [1.82, 2.24) is 10.2 Å². The number of aliphatic hydroxyl groups excluding tert-OH is 1. The predicted octanol–water partition coefficient (Wildman–Crippen LogP) is 3.07. The van der Waals surface area contributed by atoms with E-state index in [-0.39, 0.29) is 18.1 Å². The fourth-order valence-corrected chi connectivity index (χ4v) is 3.72. The van der Waals surface area contributed by atoms with Gasteiger partial charge in [-0.1, -0.05) is 37.3 Å². The topological polar surface area (TPSA) is 55.8 Å². The van der Waals surface area contributed by atoms with E-state index in [4.69, 9.17) is 0 Å². The zero-order valence-electron chi connectivity index (χ0n) is 16.8. The van der Waals surface area contributed by atoms with Crippen LogP contribution < -0.4 is 10.2 Å². The van der Waals surface area contributed by atoms with Gasteiger partial charge in [-0.2, -0.15) is 0 Å². The number of carbonyl (C=O) groups excluding carboxylic acids is 1. The number of anilines is 1. The zero-order chi connectivity index (χ0) is 19.9. The average Bonchev–Trinajstić information content (AvgIpc) is 3.15. The van der Waals surface area contributed by atoms with E-state index in [2.05, 4.69) is 46.4 Å². The second-order valence-corrected chi connectivity index (χ2v) is 7.54. The van der Waals surface area contributed by atoms with Crippen molar-refractivity contribution >= 4 is 11.6 Å². The summed E-state index contributed by atoms with van der Waals surface area (Å²) < 4.78 is 0. The fraction of sp³-hybridized carbons (Fsp3) is 0.435. The Balaban J connectivity index is 1.76. The summed E-state index contributed by atoms with van der Waals surface area (Å²) in [6.07, 6.45) is 1.55. The molecule has 0 bridgehead atoms. The van der Waals surface area contributed by atoms with Crippen LogP contribution in [0, 0.1) is 0 Å². The smallest absolute Gasteiger partial charge is 0.251 e. The summed E-state index contributed by atoms with van der Waals surface area (Å²) in [6, 6.07) is 18.4. The number of nitrogens with zero attached hydrogens (tertiary/aromatic N) is 2. The van der Waals surface area contributed by atoms with Gasteiger partial charge in [0.05, 0.1) is 12.1 Å². The first-order chi connectivity index (χ1) is 13.6. The van der Waals surface area contributed by atoms with E-state index in [0.29, 0.717) is 12.1 Å². The Morgan fingerprint density at radius 3 is 2.54 bits per heavy atom. The van der Waals surface area contributed by atoms with Crippen LogP contribution in [-0.4, -0.2) is 55.2 Å². The Morgan fingerprint density at radius 2 is 1.93 bits per heavy atom. The quantitative estimate of drug-likeness (QED) is 0.738. The van der Waals surface area contributed by atoms with Crippen LogP contribution in [0.15, 0.2) is 54.6 Å². The zero-order valence-corrected chi connectivity index (χ0v) is 16.8. The number of nitrogens with one attached hydrogen (secondary N) is 1. The first kappa shape index (κ1) is 20.4. The third-order valence-electron chi connectivity index (χ3n) is 5.40. The van der Waals surface area contributed by atoms with Crippen molar-refractivity contribution in [3.8, 4) is 0 Å². The van der Waals surface area contributed by atoms with E-state index >= 15 is 0 Å². The highest BCUT2D eigenvalue weighted by atomic mass is 16.3. The van der Waals surface area contributed by atoms with Crippen LogP contribution in [-0.2, 0) is 0 Å². The third-order valence-corrected chi connectivity index (χ3v) is 5.40. The second-order valence-electron chi connectivity index (χ2n) is 7.54. The van der Waals surface area contributed by atoms with Gasteiger partial charge in [0.25, 0.3) is 5.91 Å². The SMILES string of the molecule is CCCNC(=O)c1ccc(N(C)[C@@H](CN2CC[C@H](O)C2)c2ccccc2)cc1. The number of rotatable bonds is 8. The van der Waals surface area contributed by atoms with Gasteiger partial charge < -0.3 is 15.3 Å². The molecule has 1 saturated heterocycles. The molecule has 0 spiro atoms. The molecule has 1 amide bonds. The van der Waals surface area contributed by atoms with Gasteiger partial charge in [-0.15, -0.1) is 0 Å². The molecule has 5 heteroatoms. The summed E-state index contributed by atoms with van der Waals surface area (Å²) in [5.74, 6) is -0.0262. The molecule has 0 radical (unpaired) electrons. The standard InChI is InChI=1S/C23H31N3O2/c1-3-14-24-23(28)19-9-11-20(12-10-19)25(2)22(18-7-5-4-6-8-18)17-26-15-13-21(27)16-26/h4-12,21-22,27H,3,13-17H2,1-2H3,(H,24,28)/t21-,22-/m0/s1. The van der Waals surface area contributed by atoms with Gasteiger partial charge in [0.2, 0.25) is 0 Å². The molecule has 2 aromatic carbocycles. The van der Waals surface area contributed by atoms with Crippen molar-refractivity contribution in [2.75, 3.05) is 38.1 Å². The number of carbonyl (C=O) groups is 1. The molecule has 2 N–H and O–H groups in total. The second kappa shape index (κ2) is 9.71. The number of hydrogen-bond acceptors (Lipinski definition) is 4. The van der Waals surface area contributed by atoms with Crippen LogP contribution in [0.4, 0.5) is 5.69 Å². The highest BCUT2D eigenvalue weighted by Crippen LogP contribution is 2.28. The molecule has 1 fully saturated rings. The molecule has 28 heavy (non-hydrogen) atoms. The average molecular weight is 382 g/mol. The number of hydrogen-bond donors (Lipinski definition) is 2. The minimum Gasteiger partial charge on any atom is -0.392 e. The highest BCUT2D eigenvalue weighted by Gasteiger charge is 2.26. The van der Waals surface area contributed by atoms with Gasteiger partial charge in [0.1, 0.15) is 0 Å². The first-order valence-corrected chi connectivity index (χ1v) is 10.1. The molecule has 5 nitrogen and oxygen atoms in total. The maximum atomic E-state index is 12.1. The van der Waals surface area contributed by atoms with Crippen molar-refractivity contribution in [2.24, 2.45) is 0 Å². The summed E-state index contributed by atoms with van der Waals surface area (Å²) >= 11 is 0. The number of likely N-dealkylation sites (N-methyl/N-ethyl adjacent to an activating group) is 1. The largest absolute Gasteiger partial charge is 0.392 e. The number of benzene rings is 2. The van der Waals surface area contributed by atoms with Gasteiger partial charge >= 0.3 is 0 Å². The van der Waals surface area contributed by atoms with E-state index in [1.165, 1.54) is 5.56 Å². The van der Waals surface area contributed by atoms with Gasteiger partial charge in [0, 0.05) is 44.5 Å². The number of aliphatic hydroxyl groups is 1. The molecule has 1 heterocycles. The number of amides is 1. The molecule has 150 valence electrons. The maximum Gasteiger partial charge on any atom is 0.251 e. The molecule has 3 rings (SSSR count). The summed E-state index contributed by atoms with van der Waals surface area (Å²) in [4.78, 5) is 16.7. The Bertz CT molecular complexity index is 748. The molecule has 2 aromatic rings. The molecule has 2 atom stereocenters. The molecular weight excluding hydrogens is 350 g/mol. The van der Waals surface area contributed by atoms with E-state index in [0.717, 1.165) is 38.2 Å². The number of β-amino-alcohol motifs (C(OH)–C–C–N with tert-alkyl or cyclic N) is 1. The summed E-state index contributed by atoms with van der Waals surface area (Å²) in [5.41, 5.74) is 3.00. The Hall–Kier alpha value is -2.37. The van der Waals surface area contributed by atoms with Crippen molar-refractivity contribution < 1.29 is 9.90 Å². The lowest BCUT2D eigenvalue weighted by Gasteiger charge is -2.33. The van der Waals surface area contributed by atoms with Crippen molar-refractivity contribution in [1.29, 1.82) is 0 Å². The Kier molecular flexibility index (Phi) is 7.06. The number of likely N-dealkylation sites (tertiary alicyclic amines) is 1. The minimum absolute atomic E-state index is 0.0262. The van der Waals surface area contributed by atoms with E-state index < -0.39 is 0 Å². The van der Waals surface area contributed by atoms with Crippen LogP contribution in [0.25, 0.3) is 0 Å². The molecule has 1 aliphatic heterocycles. The van der Waals surface area contributed by atoms with E-state index in [9.17, 15) is 9.90 Å². The summed E-state index contributed by atoms with van der Waals surface area (Å²) in [7, 11) is 2.09. The monoisotopic (exact) mass is 381 g/mol. The first-order valence-electron chi connectivity index (χ1n) is 10.1. The van der Waals surface area contributed by atoms with Crippen LogP contribution in [0.5, 0.6) is 0 Å². The van der Waals surface area contributed by atoms with Crippen LogP contribution in [0.2, 0.25) is 0 Å².